The van der Waals surface area contributed by atoms with Gasteiger partial charge in [-0.15, -0.1) is 0 Å². The van der Waals surface area contributed by atoms with Crippen molar-refractivity contribution in [2.24, 2.45) is 5.92 Å². The van der Waals surface area contributed by atoms with Gasteiger partial charge in [0.1, 0.15) is 6.61 Å². The molecule has 0 aromatic heterocycles. The molecule has 2 rings (SSSR count). The predicted octanol–water partition coefficient (Wildman–Crippen LogP) is 2.97. The first-order chi connectivity index (χ1) is 10.1. The van der Waals surface area contributed by atoms with Crippen LogP contribution in [0.25, 0.3) is 0 Å². The Hall–Kier alpha value is -1.42. The predicted molar refractivity (Wildman–Crippen MR) is 79.8 cm³/mol. The topological polar surface area (TPSA) is 52.6 Å². The highest BCUT2D eigenvalue weighted by molar-refractivity contribution is 5.94. The van der Waals surface area contributed by atoms with E-state index >= 15 is 0 Å². The van der Waals surface area contributed by atoms with Gasteiger partial charge in [-0.25, -0.2) is 0 Å². The molecule has 0 aromatic rings. The van der Waals surface area contributed by atoms with Crippen LogP contribution in [0.3, 0.4) is 0 Å². The molecule has 1 unspecified atom stereocenters. The summed E-state index contributed by atoms with van der Waals surface area (Å²) < 4.78 is 11.0. The summed E-state index contributed by atoms with van der Waals surface area (Å²) in [7, 11) is 0. The maximum Gasteiger partial charge on any atom is 0.305 e. The van der Waals surface area contributed by atoms with Crippen molar-refractivity contribution in [2.75, 3.05) is 6.61 Å². The van der Waals surface area contributed by atoms with Crippen molar-refractivity contribution in [3.8, 4) is 0 Å². The van der Waals surface area contributed by atoms with E-state index in [1.54, 1.807) is 6.08 Å². The lowest BCUT2D eigenvalue weighted by molar-refractivity contribution is -0.153. The van der Waals surface area contributed by atoms with E-state index in [0.29, 0.717) is 12.3 Å². The Kier molecular flexibility index (Phi) is 5.74. The molecule has 0 saturated carbocycles. The number of hydrogen-bond donors (Lipinski definition) is 0. The Balaban J connectivity index is 1.94. The van der Waals surface area contributed by atoms with Gasteiger partial charge >= 0.3 is 5.97 Å². The molecular formula is C17H24O4. The standard InChI is InChI=1S/C17H24O4/c1-3-6-17(19)20-11-16-14(18)9-10-15(21-16)13-8-5-4-7-12(13)2/h7,9-10,13,15-16H,3-6,8,11H2,1-2H3/t13?,15-,16+/m0/s1. The lowest BCUT2D eigenvalue weighted by Crippen LogP contribution is -2.39. The molecule has 0 radical (unpaired) electrons. The maximum absolute atomic E-state index is 11.9. The second-order valence-corrected chi connectivity index (χ2v) is 5.77. The van der Waals surface area contributed by atoms with Gasteiger partial charge in [-0.2, -0.15) is 0 Å². The quantitative estimate of drug-likeness (QED) is 0.577. The average molecular weight is 292 g/mol. The summed E-state index contributed by atoms with van der Waals surface area (Å²) in [5.41, 5.74) is 1.33. The van der Waals surface area contributed by atoms with Gasteiger partial charge in [0.15, 0.2) is 11.9 Å². The largest absolute Gasteiger partial charge is 0.462 e. The highest BCUT2D eigenvalue weighted by Crippen LogP contribution is 2.31. The molecule has 4 heteroatoms. The second-order valence-electron chi connectivity index (χ2n) is 5.77. The summed E-state index contributed by atoms with van der Waals surface area (Å²) in [6, 6.07) is 0. The van der Waals surface area contributed by atoms with Crippen LogP contribution in [0.1, 0.15) is 46.0 Å². The number of allylic oxidation sites excluding steroid dienone is 1. The van der Waals surface area contributed by atoms with Gasteiger partial charge in [-0.05, 0) is 38.7 Å². The van der Waals surface area contributed by atoms with E-state index in [9.17, 15) is 9.59 Å². The molecule has 4 nitrogen and oxygen atoms in total. The zero-order valence-electron chi connectivity index (χ0n) is 12.8. The first-order valence-corrected chi connectivity index (χ1v) is 7.81. The van der Waals surface area contributed by atoms with E-state index in [0.717, 1.165) is 25.7 Å². The molecule has 0 spiro atoms. The van der Waals surface area contributed by atoms with Crippen LogP contribution in [0.5, 0.6) is 0 Å². The van der Waals surface area contributed by atoms with Crippen molar-refractivity contribution in [2.45, 2.75) is 58.2 Å². The molecule has 1 aliphatic carbocycles. The minimum absolute atomic E-state index is 0.0218. The summed E-state index contributed by atoms with van der Waals surface area (Å²) >= 11 is 0. The van der Waals surface area contributed by atoms with Crippen molar-refractivity contribution in [1.82, 2.24) is 0 Å². The van der Waals surface area contributed by atoms with Crippen LogP contribution in [-0.2, 0) is 19.1 Å². The van der Waals surface area contributed by atoms with Crippen LogP contribution < -0.4 is 0 Å². The molecule has 116 valence electrons. The van der Waals surface area contributed by atoms with E-state index in [1.807, 2.05) is 13.0 Å². The Morgan fingerprint density at radius 3 is 3.00 bits per heavy atom. The fourth-order valence-corrected chi connectivity index (χ4v) is 2.86. The normalized spacial score (nSPS) is 29.1. The number of carbonyl (C=O) groups excluding carboxylic acids is 2. The molecule has 0 aromatic carbocycles. The van der Waals surface area contributed by atoms with Crippen LogP contribution in [0, 0.1) is 5.92 Å². The molecule has 0 saturated heterocycles. The Bertz CT molecular complexity index is 450. The van der Waals surface area contributed by atoms with Gasteiger partial charge < -0.3 is 9.47 Å². The molecule has 21 heavy (non-hydrogen) atoms. The molecule has 1 heterocycles. The van der Waals surface area contributed by atoms with Crippen LogP contribution in [0.15, 0.2) is 23.8 Å². The third-order valence-electron chi connectivity index (χ3n) is 4.11. The second kappa shape index (κ2) is 7.55. The van der Waals surface area contributed by atoms with E-state index in [2.05, 4.69) is 13.0 Å². The molecule has 1 aliphatic heterocycles. The molecule has 0 fully saturated rings. The van der Waals surface area contributed by atoms with Crippen molar-refractivity contribution >= 4 is 11.8 Å². The molecule has 2 aliphatic rings. The van der Waals surface area contributed by atoms with Crippen molar-refractivity contribution in [3.05, 3.63) is 23.8 Å². The minimum Gasteiger partial charge on any atom is -0.462 e. The Morgan fingerprint density at radius 1 is 1.48 bits per heavy atom. The van der Waals surface area contributed by atoms with E-state index < -0.39 is 6.10 Å². The van der Waals surface area contributed by atoms with Crippen LogP contribution in [0.4, 0.5) is 0 Å². The monoisotopic (exact) mass is 292 g/mol. The molecule has 0 amide bonds. The number of ether oxygens (including phenoxy) is 2. The smallest absolute Gasteiger partial charge is 0.305 e. The fraction of sp³-hybridized carbons (Fsp3) is 0.647. The average Bonchev–Trinajstić information content (AvgIpc) is 2.47. The summed E-state index contributed by atoms with van der Waals surface area (Å²) in [4.78, 5) is 23.3. The van der Waals surface area contributed by atoms with E-state index in [4.69, 9.17) is 9.47 Å². The summed E-state index contributed by atoms with van der Waals surface area (Å²) in [5.74, 6) is -0.0568. The molecule has 0 bridgehead atoms. The van der Waals surface area contributed by atoms with E-state index in [-0.39, 0.29) is 24.5 Å². The van der Waals surface area contributed by atoms with Gasteiger partial charge in [0.2, 0.25) is 0 Å². The Morgan fingerprint density at radius 2 is 2.29 bits per heavy atom. The third kappa shape index (κ3) is 4.27. The number of carbonyl (C=O) groups is 2. The zero-order chi connectivity index (χ0) is 15.2. The van der Waals surface area contributed by atoms with Gasteiger partial charge in [0.25, 0.3) is 0 Å². The number of hydrogen-bond acceptors (Lipinski definition) is 4. The van der Waals surface area contributed by atoms with Gasteiger partial charge in [0.05, 0.1) is 6.10 Å². The van der Waals surface area contributed by atoms with Gasteiger partial charge in [-0.3, -0.25) is 9.59 Å². The zero-order valence-corrected chi connectivity index (χ0v) is 12.8. The van der Waals surface area contributed by atoms with Crippen LogP contribution >= 0.6 is 0 Å². The first kappa shape index (κ1) is 16.0. The lowest BCUT2D eigenvalue weighted by atomic mass is 9.83. The fourth-order valence-electron chi connectivity index (χ4n) is 2.86. The maximum atomic E-state index is 11.9. The number of esters is 1. The van der Waals surface area contributed by atoms with Crippen molar-refractivity contribution < 1.29 is 19.1 Å². The van der Waals surface area contributed by atoms with Crippen molar-refractivity contribution in [1.29, 1.82) is 0 Å². The highest BCUT2D eigenvalue weighted by atomic mass is 16.6. The van der Waals surface area contributed by atoms with E-state index in [1.165, 1.54) is 5.57 Å². The molecule has 3 atom stereocenters. The lowest BCUT2D eigenvalue weighted by Gasteiger charge is -2.33. The SMILES string of the molecule is CCCC(=O)OC[C@H]1O[C@H](C2CCCC=C2C)C=CC1=O. The minimum atomic E-state index is -0.657. The highest BCUT2D eigenvalue weighted by Gasteiger charge is 2.32. The Labute approximate surface area is 126 Å². The summed E-state index contributed by atoms with van der Waals surface area (Å²) in [5, 5.41) is 0. The first-order valence-electron chi connectivity index (χ1n) is 7.81. The summed E-state index contributed by atoms with van der Waals surface area (Å²) in [6.07, 6.45) is 9.40. The van der Waals surface area contributed by atoms with Crippen LogP contribution in [0.2, 0.25) is 0 Å². The summed E-state index contributed by atoms with van der Waals surface area (Å²) in [6.45, 7) is 4.06. The van der Waals surface area contributed by atoms with Crippen LogP contribution in [-0.4, -0.2) is 30.6 Å². The molecule has 0 N–H and O–H groups in total. The van der Waals surface area contributed by atoms with Gasteiger partial charge in [-0.1, -0.05) is 24.6 Å². The molecular weight excluding hydrogens is 268 g/mol. The number of ketones is 1. The van der Waals surface area contributed by atoms with Gasteiger partial charge in [0, 0.05) is 12.3 Å². The number of rotatable bonds is 5. The van der Waals surface area contributed by atoms with Crippen molar-refractivity contribution in [3.63, 3.8) is 0 Å². The third-order valence-corrected chi connectivity index (χ3v) is 4.11.